The first-order chi connectivity index (χ1) is 18.5. The lowest BCUT2D eigenvalue weighted by Crippen LogP contribution is -2.26. The van der Waals surface area contributed by atoms with E-state index in [1.54, 1.807) is 23.0 Å². The van der Waals surface area contributed by atoms with Gasteiger partial charge in [-0.3, -0.25) is 14.1 Å². The highest BCUT2D eigenvalue weighted by molar-refractivity contribution is 5.92. The fourth-order valence-corrected chi connectivity index (χ4v) is 4.60. The molecule has 10 nitrogen and oxygen atoms in total. The molecule has 192 valence electrons. The zero-order valence-corrected chi connectivity index (χ0v) is 21.1. The molecule has 2 aromatic carbocycles. The van der Waals surface area contributed by atoms with Crippen LogP contribution in [-0.4, -0.2) is 45.8 Å². The van der Waals surface area contributed by atoms with Crippen molar-refractivity contribution in [2.75, 3.05) is 0 Å². The third-order valence-corrected chi connectivity index (χ3v) is 6.51. The number of carboxylic acids is 1. The molecule has 5 aromatic rings. The minimum absolute atomic E-state index is 0.0950. The zero-order valence-electron chi connectivity index (χ0n) is 21.1. The Morgan fingerprint density at radius 2 is 1.87 bits per heavy atom. The predicted octanol–water partition coefficient (Wildman–Crippen LogP) is 4.28. The van der Waals surface area contributed by atoms with Crippen molar-refractivity contribution in [3.8, 4) is 28.3 Å². The Morgan fingerprint density at radius 1 is 1.05 bits per heavy atom. The Bertz CT molecular complexity index is 1630. The molecule has 2 N–H and O–H groups in total. The molecule has 0 saturated heterocycles. The van der Waals surface area contributed by atoms with Crippen LogP contribution in [0.4, 0.5) is 0 Å². The molecule has 0 fully saturated rings. The number of hydrogen-bond acceptors (Lipinski definition) is 6. The number of imidazole rings is 1. The Morgan fingerprint density at radius 3 is 2.55 bits per heavy atom. The number of unbranched alkanes of at least 4 members (excludes halogenated alkanes) is 1. The van der Waals surface area contributed by atoms with Crippen molar-refractivity contribution in [1.82, 2.24) is 34.7 Å². The molecule has 5 rings (SSSR count). The largest absolute Gasteiger partial charge is 0.478 e. The highest BCUT2D eigenvalue weighted by Crippen LogP contribution is 2.28. The van der Waals surface area contributed by atoms with E-state index < -0.39 is 5.97 Å². The number of nitrogens with one attached hydrogen (secondary N) is 1. The first-order valence-corrected chi connectivity index (χ1v) is 12.4. The van der Waals surface area contributed by atoms with Gasteiger partial charge >= 0.3 is 11.7 Å². The number of tetrazole rings is 1. The van der Waals surface area contributed by atoms with Gasteiger partial charge in [-0.2, -0.15) is 5.21 Å². The number of aromatic amines is 1. The van der Waals surface area contributed by atoms with E-state index in [0.717, 1.165) is 46.5 Å². The van der Waals surface area contributed by atoms with Crippen LogP contribution in [0.5, 0.6) is 0 Å². The van der Waals surface area contributed by atoms with Gasteiger partial charge in [0.15, 0.2) is 0 Å². The molecule has 3 heterocycles. The van der Waals surface area contributed by atoms with Crippen LogP contribution in [0.3, 0.4) is 0 Å². The third-order valence-electron chi connectivity index (χ3n) is 6.51. The van der Waals surface area contributed by atoms with Crippen LogP contribution in [0, 0.1) is 6.92 Å². The van der Waals surface area contributed by atoms with E-state index in [4.69, 9.17) is 0 Å². The third kappa shape index (κ3) is 4.75. The van der Waals surface area contributed by atoms with Crippen molar-refractivity contribution in [2.24, 2.45) is 0 Å². The van der Waals surface area contributed by atoms with Crippen LogP contribution in [0.1, 0.15) is 46.9 Å². The molecule has 0 amide bonds. The second-order valence-corrected chi connectivity index (χ2v) is 9.07. The average molecular weight is 510 g/mol. The number of hydrogen-bond donors (Lipinski definition) is 2. The number of H-pyrrole nitrogens is 1. The maximum absolute atomic E-state index is 13.6. The van der Waals surface area contributed by atoms with E-state index in [2.05, 4.69) is 32.5 Å². The fourth-order valence-electron chi connectivity index (χ4n) is 4.60. The number of rotatable bonds is 9. The lowest BCUT2D eigenvalue weighted by molar-refractivity contribution is 0.0696. The van der Waals surface area contributed by atoms with Crippen LogP contribution in [0.2, 0.25) is 0 Å². The number of benzene rings is 2. The maximum Gasteiger partial charge on any atom is 0.337 e. The van der Waals surface area contributed by atoms with E-state index in [1.807, 2.05) is 49.4 Å². The molecular formula is C28H27N7O3. The first kappa shape index (κ1) is 24.8. The number of carboxylic acid groups (broad SMARTS) is 1. The van der Waals surface area contributed by atoms with Gasteiger partial charge in [0.2, 0.25) is 5.82 Å². The van der Waals surface area contributed by atoms with Gasteiger partial charge in [0.05, 0.1) is 23.5 Å². The predicted molar refractivity (Wildman–Crippen MR) is 142 cm³/mol. The van der Waals surface area contributed by atoms with Crippen LogP contribution in [-0.2, 0) is 13.0 Å². The Hall–Kier alpha value is -4.86. The van der Waals surface area contributed by atoms with E-state index in [9.17, 15) is 14.7 Å². The zero-order chi connectivity index (χ0) is 26.6. The van der Waals surface area contributed by atoms with Gasteiger partial charge in [0, 0.05) is 29.2 Å². The second kappa shape index (κ2) is 10.6. The molecule has 0 unspecified atom stereocenters. The molecule has 38 heavy (non-hydrogen) atoms. The summed E-state index contributed by atoms with van der Waals surface area (Å²) < 4.78 is 3.17. The molecular weight excluding hydrogens is 482 g/mol. The Balaban J connectivity index is 1.51. The summed E-state index contributed by atoms with van der Waals surface area (Å²) in [6.45, 7) is 4.23. The van der Waals surface area contributed by atoms with Crippen LogP contribution < -0.4 is 5.69 Å². The number of aryl methyl sites for hydroxylation is 2. The van der Waals surface area contributed by atoms with E-state index in [-0.39, 0.29) is 11.3 Å². The van der Waals surface area contributed by atoms with Crippen molar-refractivity contribution < 1.29 is 9.90 Å². The number of para-hydroxylation sites is 1. The monoisotopic (exact) mass is 509 g/mol. The van der Waals surface area contributed by atoms with Gasteiger partial charge in [-0.25, -0.2) is 9.59 Å². The van der Waals surface area contributed by atoms with Crippen molar-refractivity contribution in [2.45, 2.75) is 39.7 Å². The van der Waals surface area contributed by atoms with Gasteiger partial charge in [-0.15, -0.1) is 10.2 Å². The van der Waals surface area contributed by atoms with Crippen molar-refractivity contribution in [1.29, 1.82) is 0 Å². The highest BCUT2D eigenvalue weighted by atomic mass is 16.4. The van der Waals surface area contributed by atoms with Crippen LogP contribution in [0.25, 0.3) is 28.3 Å². The number of nitrogens with zero attached hydrogens (tertiary/aromatic N) is 6. The SMILES string of the molecule is CCCCc1cn(-c2c(C)cccc2C(=O)O)c(=O)n1Cc1ccc(-c2ccccc2-c2nn[nH]n2)nc1. The molecule has 0 aliphatic carbocycles. The molecule has 0 atom stereocenters. The minimum atomic E-state index is -1.07. The lowest BCUT2D eigenvalue weighted by atomic mass is 10.0. The number of aromatic nitrogens is 7. The Labute approximate surface area is 218 Å². The van der Waals surface area contributed by atoms with Crippen molar-refractivity contribution in [3.63, 3.8) is 0 Å². The van der Waals surface area contributed by atoms with Gasteiger partial charge in [-0.05, 0) is 48.2 Å². The summed E-state index contributed by atoms with van der Waals surface area (Å²) >= 11 is 0. The molecule has 3 aromatic heterocycles. The van der Waals surface area contributed by atoms with Gasteiger partial charge < -0.3 is 5.11 Å². The fraction of sp³-hybridized carbons (Fsp3) is 0.214. The smallest absolute Gasteiger partial charge is 0.337 e. The van der Waals surface area contributed by atoms with E-state index in [0.29, 0.717) is 24.5 Å². The first-order valence-electron chi connectivity index (χ1n) is 12.4. The standard InChI is InChI=1S/C28H27N7O3/c1-3-4-9-20-17-35(25-18(2)8-7-12-23(25)27(36)37)28(38)34(20)16-19-13-14-24(29-15-19)21-10-5-6-11-22(21)26-30-32-33-31-26/h5-8,10-15,17H,3-4,9,16H2,1-2H3,(H,36,37)(H,30,31,32,33). The van der Waals surface area contributed by atoms with Crippen molar-refractivity contribution in [3.05, 3.63) is 99.9 Å². The summed E-state index contributed by atoms with van der Waals surface area (Å²) in [4.78, 5) is 30.2. The second-order valence-electron chi connectivity index (χ2n) is 9.07. The summed E-state index contributed by atoms with van der Waals surface area (Å²) in [5.41, 5.74) is 5.06. The molecule has 10 heteroatoms. The number of carbonyl (C=O) groups is 1. The lowest BCUT2D eigenvalue weighted by Gasteiger charge is -2.10. The maximum atomic E-state index is 13.6. The average Bonchev–Trinajstić information content (AvgIpc) is 3.57. The molecule has 0 aliphatic rings. The normalized spacial score (nSPS) is 11.1. The molecule has 0 saturated carbocycles. The summed E-state index contributed by atoms with van der Waals surface area (Å²) in [6.07, 6.45) is 6.12. The molecule has 0 bridgehead atoms. The van der Waals surface area contributed by atoms with Gasteiger partial charge in [-0.1, -0.05) is 55.8 Å². The van der Waals surface area contributed by atoms with E-state index in [1.165, 1.54) is 10.6 Å². The van der Waals surface area contributed by atoms with Gasteiger partial charge in [0.1, 0.15) is 0 Å². The highest BCUT2D eigenvalue weighted by Gasteiger charge is 2.20. The minimum Gasteiger partial charge on any atom is -0.478 e. The van der Waals surface area contributed by atoms with Gasteiger partial charge in [0.25, 0.3) is 0 Å². The number of pyridine rings is 1. The number of aromatic carboxylic acids is 1. The van der Waals surface area contributed by atoms with Crippen LogP contribution in [0.15, 0.2) is 71.8 Å². The summed E-state index contributed by atoms with van der Waals surface area (Å²) in [5.74, 6) is -0.587. The quantitative estimate of drug-likeness (QED) is 0.303. The van der Waals surface area contributed by atoms with E-state index >= 15 is 0 Å². The van der Waals surface area contributed by atoms with Crippen molar-refractivity contribution >= 4 is 5.97 Å². The van der Waals surface area contributed by atoms with Crippen LogP contribution >= 0.6 is 0 Å². The molecule has 0 spiro atoms. The molecule has 0 aliphatic heterocycles. The summed E-state index contributed by atoms with van der Waals surface area (Å²) in [6, 6.07) is 16.6. The summed E-state index contributed by atoms with van der Waals surface area (Å²) in [7, 11) is 0. The Kier molecular flexibility index (Phi) is 6.94. The molecule has 0 radical (unpaired) electrons. The topological polar surface area (TPSA) is 132 Å². The summed E-state index contributed by atoms with van der Waals surface area (Å²) in [5, 5.41) is 24.1.